The van der Waals surface area contributed by atoms with Gasteiger partial charge < -0.3 is 0 Å². The summed E-state index contributed by atoms with van der Waals surface area (Å²) in [6.45, 7) is 0. The van der Waals surface area contributed by atoms with Crippen LogP contribution in [-0.2, 0) is 13.7 Å². The van der Waals surface area contributed by atoms with Crippen molar-refractivity contribution in [2.45, 2.75) is 30.0 Å². The van der Waals surface area contributed by atoms with Crippen molar-refractivity contribution in [2.24, 2.45) is 0 Å². The van der Waals surface area contributed by atoms with Gasteiger partial charge in [-0.2, -0.15) is 25.2 Å². The largest absolute Gasteiger partial charge is 0.524 e. The first-order chi connectivity index (χ1) is 13.3. The van der Waals surface area contributed by atoms with Gasteiger partial charge in [0.1, 0.15) is 0 Å². The van der Waals surface area contributed by atoms with E-state index in [2.05, 4.69) is 0 Å². The summed E-state index contributed by atoms with van der Waals surface area (Å²) in [7, 11) is -9.03. The zero-order valence-corrected chi connectivity index (χ0v) is 16.5. The van der Waals surface area contributed by atoms with Crippen LogP contribution in [0, 0.1) is 0 Å². The topological polar surface area (TPSA) is 43.4 Å². The minimum atomic E-state index is -5.86. The highest BCUT2D eigenvalue weighted by Crippen LogP contribution is 2.76. The smallest absolute Gasteiger partial charge is 0.200 e. The predicted molar refractivity (Wildman–Crippen MR) is 102 cm³/mol. The fourth-order valence-electron chi connectivity index (χ4n) is 2.93. The molecule has 0 N–H and O–H groups in total. The standard InChI is InChI=1S/C19H13F3O3S3/c20-19(21,22)28(23,24)25-27(14-8-2-1-3-9-14)17-12-6-4-10-15(17)26-16-11-5-7-13-18(16)27/h1-13H. The Hall–Kier alpha value is -1.94. The summed E-state index contributed by atoms with van der Waals surface area (Å²) in [5.74, 6) is 0. The maximum absolute atomic E-state index is 13.3. The van der Waals surface area contributed by atoms with Crippen LogP contribution in [0.5, 0.6) is 0 Å². The van der Waals surface area contributed by atoms with Crippen LogP contribution >= 0.6 is 22.1 Å². The third-order valence-electron chi connectivity index (χ3n) is 4.09. The molecular weight excluding hydrogens is 429 g/mol. The average molecular weight is 443 g/mol. The van der Waals surface area contributed by atoms with E-state index < -0.39 is 25.9 Å². The second-order valence-electron chi connectivity index (χ2n) is 5.83. The van der Waals surface area contributed by atoms with Crippen molar-refractivity contribution in [1.82, 2.24) is 0 Å². The summed E-state index contributed by atoms with van der Waals surface area (Å²) in [4.78, 5) is 2.56. The molecule has 9 heteroatoms. The van der Waals surface area contributed by atoms with Gasteiger partial charge in [0, 0.05) is 24.5 Å². The van der Waals surface area contributed by atoms with E-state index in [9.17, 15) is 21.6 Å². The van der Waals surface area contributed by atoms with Gasteiger partial charge >= 0.3 is 15.6 Å². The van der Waals surface area contributed by atoms with Crippen molar-refractivity contribution in [2.75, 3.05) is 0 Å². The van der Waals surface area contributed by atoms with E-state index in [1.54, 1.807) is 78.9 Å². The van der Waals surface area contributed by atoms with Gasteiger partial charge in [-0.1, -0.05) is 54.2 Å². The van der Waals surface area contributed by atoms with E-state index in [-0.39, 0.29) is 0 Å². The van der Waals surface area contributed by atoms with Crippen LogP contribution in [0.3, 0.4) is 0 Å². The molecule has 0 aromatic heterocycles. The molecule has 0 atom stereocenters. The average Bonchev–Trinajstić information content (AvgIpc) is 2.67. The van der Waals surface area contributed by atoms with E-state index in [0.29, 0.717) is 24.5 Å². The van der Waals surface area contributed by atoms with E-state index in [4.69, 9.17) is 3.63 Å². The summed E-state index contributed by atoms with van der Waals surface area (Å²) in [5, 5.41) is 0. The van der Waals surface area contributed by atoms with Gasteiger partial charge in [-0.05, 0) is 46.7 Å². The number of fused-ring (bicyclic) bond motifs is 2. The van der Waals surface area contributed by atoms with Crippen molar-refractivity contribution in [1.29, 1.82) is 0 Å². The molecule has 3 aromatic carbocycles. The van der Waals surface area contributed by atoms with Crippen molar-refractivity contribution < 1.29 is 25.2 Å². The first-order valence-corrected chi connectivity index (χ1v) is 11.8. The lowest BCUT2D eigenvalue weighted by Gasteiger charge is -2.43. The van der Waals surface area contributed by atoms with Gasteiger partial charge in [0.05, 0.1) is 0 Å². The Morgan fingerprint density at radius 2 is 1.21 bits per heavy atom. The molecule has 4 rings (SSSR count). The Kier molecular flexibility index (Phi) is 4.73. The van der Waals surface area contributed by atoms with E-state index in [1.807, 2.05) is 0 Å². The van der Waals surface area contributed by atoms with Crippen molar-refractivity contribution in [3.8, 4) is 0 Å². The highest BCUT2D eigenvalue weighted by atomic mass is 32.3. The van der Waals surface area contributed by atoms with Crippen LogP contribution in [-0.4, -0.2) is 13.9 Å². The normalized spacial score (nSPS) is 16.7. The summed E-state index contributed by atoms with van der Waals surface area (Å²) in [6.07, 6.45) is 0. The maximum atomic E-state index is 13.3. The van der Waals surface area contributed by atoms with Crippen LogP contribution < -0.4 is 0 Å². The SMILES string of the molecule is O=S(=O)(OS1(c2ccccc2)c2ccccc2Sc2ccccc21)C(F)(F)F. The number of hydrogen-bond acceptors (Lipinski definition) is 4. The Labute approximate surface area is 166 Å². The summed E-state index contributed by atoms with van der Waals surface area (Å²) in [6, 6.07) is 21.8. The van der Waals surface area contributed by atoms with Crippen LogP contribution in [0.1, 0.15) is 0 Å². The predicted octanol–water partition coefficient (Wildman–Crippen LogP) is 6.21. The molecule has 1 heterocycles. The molecule has 0 saturated carbocycles. The van der Waals surface area contributed by atoms with Crippen LogP contribution in [0.4, 0.5) is 13.2 Å². The molecule has 28 heavy (non-hydrogen) atoms. The molecule has 0 fully saturated rings. The van der Waals surface area contributed by atoms with Gasteiger partial charge in [-0.3, -0.25) is 0 Å². The zero-order valence-electron chi connectivity index (χ0n) is 14.1. The highest BCUT2D eigenvalue weighted by Gasteiger charge is 2.53. The fourth-order valence-corrected chi connectivity index (χ4v) is 9.57. The second kappa shape index (κ2) is 6.84. The number of rotatable bonds is 3. The van der Waals surface area contributed by atoms with Gasteiger partial charge in [0.2, 0.25) is 0 Å². The molecule has 0 radical (unpaired) electrons. The third-order valence-corrected chi connectivity index (χ3v) is 10.5. The quantitative estimate of drug-likeness (QED) is 0.452. The monoisotopic (exact) mass is 442 g/mol. The Bertz CT molecular complexity index is 1080. The Balaban J connectivity index is 2.10. The molecule has 0 amide bonds. The minimum absolute atomic E-state index is 0.378. The lowest BCUT2D eigenvalue weighted by Crippen LogP contribution is -2.28. The molecule has 0 aliphatic carbocycles. The molecular formula is C19H13F3O3S3. The summed E-state index contributed by atoms with van der Waals surface area (Å²) >= 11 is 1.38. The summed E-state index contributed by atoms with van der Waals surface area (Å²) in [5.41, 5.74) is -5.53. The molecule has 0 spiro atoms. The summed E-state index contributed by atoms with van der Waals surface area (Å²) < 4.78 is 69.5. The molecule has 0 saturated heterocycles. The molecule has 3 nitrogen and oxygen atoms in total. The number of alkyl halides is 3. The van der Waals surface area contributed by atoms with Crippen LogP contribution in [0.15, 0.2) is 103 Å². The van der Waals surface area contributed by atoms with Crippen molar-refractivity contribution >= 4 is 32.2 Å². The third kappa shape index (κ3) is 3.02. The minimum Gasteiger partial charge on any atom is -0.200 e. The van der Waals surface area contributed by atoms with Gasteiger partial charge in [-0.15, -0.1) is 0 Å². The van der Waals surface area contributed by atoms with E-state index in [1.165, 1.54) is 11.8 Å². The van der Waals surface area contributed by atoms with Crippen molar-refractivity contribution in [3.05, 3.63) is 78.9 Å². The van der Waals surface area contributed by atoms with Crippen LogP contribution in [0.25, 0.3) is 0 Å². The lowest BCUT2D eigenvalue weighted by molar-refractivity contribution is -0.0496. The zero-order chi connectivity index (χ0) is 20.0. The fraction of sp³-hybridized carbons (Fsp3) is 0.0526. The van der Waals surface area contributed by atoms with E-state index >= 15 is 0 Å². The lowest BCUT2D eigenvalue weighted by atomic mass is 10.3. The van der Waals surface area contributed by atoms with Gasteiger partial charge in [0.25, 0.3) is 0 Å². The van der Waals surface area contributed by atoms with Crippen molar-refractivity contribution in [3.63, 3.8) is 0 Å². The first kappa shape index (κ1) is 19.4. The molecule has 0 bridgehead atoms. The molecule has 1 aliphatic heterocycles. The first-order valence-electron chi connectivity index (χ1n) is 8.02. The molecule has 1 aliphatic rings. The molecule has 146 valence electrons. The Morgan fingerprint density at radius 3 is 1.71 bits per heavy atom. The number of benzene rings is 3. The maximum Gasteiger partial charge on any atom is 0.524 e. The molecule has 3 aromatic rings. The second-order valence-corrected chi connectivity index (χ2v) is 11.3. The Morgan fingerprint density at radius 1 is 0.750 bits per heavy atom. The van der Waals surface area contributed by atoms with Crippen LogP contribution in [0.2, 0.25) is 0 Å². The van der Waals surface area contributed by atoms with Gasteiger partial charge in [-0.25, -0.2) is 0 Å². The molecule has 0 unspecified atom stereocenters. The van der Waals surface area contributed by atoms with E-state index in [0.717, 1.165) is 0 Å². The number of halogens is 3. The number of hydrogen-bond donors (Lipinski definition) is 0. The highest BCUT2D eigenvalue weighted by molar-refractivity contribution is 8.33. The van der Waals surface area contributed by atoms with Gasteiger partial charge in [0.15, 0.2) is 0 Å².